The lowest BCUT2D eigenvalue weighted by Crippen LogP contribution is -2.36. The maximum Gasteiger partial charge on any atom is 0.0468 e. The quantitative estimate of drug-likeness (QED) is 0.657. The summed E-state index contributed by atoms with van der Waals surface area (Å²) in [5.41, 5.74) is 5.91. The third-order valence-electron chi connectivity index (χ3n) is 3.23. The highest BCUT2D eigenvalue weighted by Gasteiger charge is 2.16. The molecule has 3 nitrogen and oxygen atoms in total. The van der Waals surface area contributed by atoms with Crippen molar-refractivity contribution in [1.82, 2.24) is 5.32 Å². The minimum Gasteiger partial charge on any atom is -0.381 e. The standard InChI is InChI=1S/C12H26N2O/c1-12(2,9-13)10-14-6-3-11-4-7-15-8-5-11/h11,14H,3-10,13H2,1-2H3. The van der Waals surface area contributed by atoms with Gasteiger partial charge in [-0.15, -0.1) is 0 Å². The molecule has 0 aliphatic carbocycles. The van der Waals surface area contributed by atoms with Crippen molar-refractivity contribution in [2.45, 2.75) is 33.1 Å². The van der Waals surface area contributed by atoms with Gasteiger partial charge in [0, 0.05) is 19.8 Å². The van der Waals surface area contributed by atoms with E-state index in [1.54, 1.807) is 0 Å². The highest BCUT2D eigenvalue weighted by atomic mass is 16.5. The molecule has 1 rings (SSSR count). The maximum atomic E-state index is 5.67. The van der Waals surface area contributed by atoms with Crippen molar-refractivity contribution in [1.29, 1.82) is 0 Å². The van der Waals surface area contributed by atoms with Crippen LogP contribution in [-0.2, 0) is 4.74 Å². The van der Waals surface area contributed by atoms with Crippen LogP contribution in [0.1, 0.15) is 33.1 Å². The van der Waals surface area contributed by atoms with Gasteiger partial charge in [0.1, 0.15) is 0 Å². The van der Waals surface area contributed by atoms with Crippen molar-refractivity contribution in [2.75, 3.05) is 32.8 Å². The van der Waals surface area contributed by atoms with Gasteiger partial charge in [0.25, 0.3) is 0 Å². The number of rotatable bonds is 6. The van der Waals surface area contributed by atoms with Crippen LogP contribution in [-0.4, -0.2) is 32.8 Å². The van der Waals surface area contributed by atoms with Crippen LogP contribution in [0.5, 0.6) is 0 Å². The Morgan fingerprint density at radius 1 is 1.33 bits per heavy atom. The van der Waals surface area contributed by atoms with Crippen LogP contribution in [0.15, 0.2) is 0 Å². The first kappa shape index (κ1) is 12.9. The Hall–Kier alpha value is -0.120. The van der Waals surface area contributed by atoms with E-state index in [-0.39, 0.29) is 5.41 Å². The Bertz CT molecular complexity index is 165. The Kier molecular flexibility index (Phi) is 5.58. The number of ether oxygens (including phenoxy) is 1. The minimum atomic E-state index is 0.232. The van der Waals surface area contributed by atoms with Gasteiger partial charge >= 0.3 is 0 Å². The largest absolute Gasteiger partial charge is 0.381 e. The van der Waals surface area contributed by atoms with E-state index in [1.807, 2.05) is 0 Å². The molecule has 3 heteroatoms. The molecule has 0 atom stereocenters. The molecule has 1 heterocycles. The Morgan fingerprint density at radius 2 is 2.00 bits per heavy atom. The molecular weight excluding hydrogens is 188 g/mol. The zero-order valence-electron chi connectivity index (χ0n) is 10.2. The number of nitrogens with two attached hydrogens (primary N) is 1. The zero-order chi connectivity index (χ0) is 11.1. The van der Waals surface area contributed by atoms with Crippen LogP contribution in [0.2, 0.25) is 0 Å². The fraction of sp³-hybridized carbons (Fsp3) is 1.00. The van der Waals surface area contributed by atoms with Crippen LogP contribution >= 0.6 is 0 Å². The normalized spacial score (nSPS) is 19.4. The van der Waals surface area contributed by atoms with Crippen molar-refractivity contribution in [2.24, 2.45) is 17.1 Å². The molecule has 1 aliphatic rings. The van der Waals surface area contributed by atoms with E-state index in [0.29, 0.717) is 0 Å². The highest BCUT2D eigenvalue weighted by molar-refractivity contribution is 4.73. The Balaban J connectivity index is 2.00. The summed E-state index contributed by atoms with van der Waals surface area (Å²) < 4.78 is 5.34. The Morgan fingerprint density at radius 3 is 2.60 bits per heavy atom. The summed E-state index contributed by atoms with van der Waals surface area (Å²) in [6.07, 6.45) is 3.76. The molecule has 0 spiro atoms. The van der Waals surface area contributed by atoms with Gasteiger partial charge in [-0.2, -0.15) is 0 Å². The van der Waals surface area contributed by atoms with E-state index in [2.05, 4.69) is 19.2 Å². The van der Waals surface area contributed by atoms with E-state index < -0.39 is 0 Å². The van der Waals surface area contributed by atoms with Gasteiger partial charge in [-0.25, -0.2) is 0 Å². The van der Waals surface area contributed by atoms with Crippen LogP contribution in [0.25, 0.3) is 0 Å². The van der Waals surface area contributed by atoms with E-state index in [1.165, 1.54) is 19.3 Å². The third kappa shape index (κ3) is 5.50. The average Bonchev–Trinajstić information content (AvgIpc) is 2.26. The molecule has 1 fully saturated rings. The smallest absolute Gasteiger partial charge is 0.0468 e. The first-order chi connectivity index (χ1) is 7.14. The van der Waals surface area contributed by atoms with E-state index in [0.717, 1.165) is 38.8 Å². The lowest BCUT2D eigenvalue weighted by atomic mass is 9.93. The van der Waals surface area contributed by atoms with Crippen molar-refractivity contribution in [3.05, 3.63) is 0 Å². The van der Waals surface area contributed by atoms with Crippen LogP contribution in [0.4, 0.5) is 0 Å². The lowest BCUT2D eigenvalue weighted by molar-refractivity contribution is 0.0638. The highest BCUT2D eigenvalue weighted by Crippen LogP contribution is 2.17. The summed E-state index contributed by atoms with van der Waals surface area (Å²) in [7, 11) is 0. The van der Waals surface area contributed by atoms with Crippen molar-refractivity contribution in [3.63, 3.8) is 0 Å². The molecule has 90 valence electrons. The van der Waals surface area contributed by atoms with E-state index in [4.69, 9.17) is 10.5 Å². The molecule has 15 heavy (non-hydrogen) atoms. The maximum absolute atomic E-state index is 5.67. The molecular formula is C12H26N2O. The summed E-state index contributed by atoms with van der Waals surface area (Å²) in [4.78, 5) is 0. The summed E-state index contributed by atoms with van der Waals surface area (Å²) in [5, 5.41) is 3.50. The topological polar surface area (TPSA) is 47.3 Å². The Labute approximate surface area is 93.8 Å². The van der Waals surface area contributed by atoms with Crippen molar-refractivity contribution < 1.29 is 4.74 Å². The molecule has 0 amide bonds. The number of hydrogen-bond acceptors (Lipinski definition) is 3. The third-order valence-corrected chi connectivity index (χ3v) is 3.23. The summed E-state index contributed by atoms with van der Waals surface area (Å²) in [6, 6.07) is 0. The molecule has 0 radical (unpaired) electrons. The second kappa shape index (κ2) is 6.46. The summed E-state index contributed by atoms with van der Waals surface area (Å²) >= 11 is 0. The number of nitrogens with one attached hydrogen (secondary N) is 1. The fourth-order valence-corrected chi connectivity index (χ4v) is 1.84. The second-order valence-corrected chi connectivity index (χ2v) is 5.39. The molecule has 0 unspecified atom stereocenters. The monoisotopic (exact) mass is 214 g/mol. The van der Waals surface area contributed by atoms with Gasteiger partial charge in [0.05, 0.1) is 0 Å². The van der Waals surface area contributed by atoms with E-state index in [9.17, 15) is 0 Å². The van der Waals surface area contributed by atoms with Gasteiger partial charge < -0.3 is 15.8 Å². The van der Waals surface area contributed by atoms with Gasteiger partial charge in [-0.3, -0.25) is 0 Å². The first-order valence-electron chi connectivity index (χ1n) is 6.12. The predicted molar refractivity (Wildman–Crippen MR) is 63.9 cm³/mol. The second-order valence-electron chi connectivity index (χ2n) is 5.39. The van der Waals surface area contributed by atoms with E-state index >= 15 is 0 Å². The summed E-state index contributed by atoms with van der Waals surface area (Å²) in [5.74, 6) is 0.868. The van der Waals surface area contributed by atoms with Crippen molar-refractivity contribution >= 4 is 0 Å². The number of hydrogen-bond donors (Lipinski definition) is 2. The van der Waals surface area contributed by atoms with Crippen LogP contribution < -0.4 is 11.1 Å². The van der Waals surface area contributed by atoms with Gasteiger partial charge in [-0.05, 0) is 43.7 Å². The first-order valence-corrected chi connectivity index (χ1v) is 6.12. The SMILES string of the molecule is CC(C)(CN)CNCCC1CCOCC1. The van der Waals surface area contributed by atoms with Gasteiger partial charge in [-0.1, -0.05) is 13.8 Å². The molecule has 0 aromatic carbocycles. The molecule has 0 bridgehead atoms. The van der Waals surface area contributed by atoms with Crippen molar-refractivity contribution in [3.8, 4) is 0 Å². The molecule has 3 N–H and O–H groups in total. The fourth-order valence-electron chi connectivity index (χ4n) is 1.84. The summed E-state index contributed by atoms with van der Waals surface area (Å²) in [6.45, 7) is 9.21. The molecule has 0 aromatic rings. The van der Waals surface area contributed by atoms with Crippen LogP contribution in [0, 0.1) is 11.3 Å². The van der Waals surface area contributed by atoms with Gasteiger partial charge in [0.15, 0.2) is 0 Å². The van der Waals surface area contributed by atoms with Gasteiger partial charge in [0.2, 0.25) is 0 Å². The lowest BCUT2D eigenvalue weighted by Gasteiger charge is -2.25. The average molecular weight is 214 g/mol. The predicted octanol–water partition coefficient (Wildman–Crippen LogP) is 1.38. The molecule has 0 aromatic heterocycles. The minimum absolute atomic E-state index is 0.232. The molecule has 1 aliphatic heterocycles. The zero-order valence-corrected chi connectivity index (χ0v) is 10.2. The molecule has 0 saturated carbocycles. The molecule has 1 saturated heterocycles. The van der Waals surface area contributed by atoms with Crippen LogP contribution in [0.3, 0.4) is 0 Å².